The molecule has 0 aliphatic heterocycles. The van der Waals surface area contributed by atoms with Crippen LogP contribution in [-0.2, 0) is 4.79 Å². The molecule has 6 heteroatoms. The van der Waals surface area contributed by atoms with E-state index in [1.165, 1.54) is 19.3 Å². The molecule has 0 spiro atoms. The van der Waals surface area contributed by atoms with Gasteiger partial charge >= 0.3 is 0 Å². The summed E-state index contributed by atoms with van der Waals surface area (Å²) < 4.78 is 1.99. The molecule has 4 rings (SSSR count). The zero-order chi connectivity index (χ0) is 16.5. The predicted molar refractivity (Wildman–Crippen MR) is 95.8 cm³/mol. The Bertz CT molecular complexity index is 731. The van der Waals surface area contributed by atoms with Crippen LogP contribution in [0.2, 0.25) is 0 Å². The zero-order valence-corrected chi connectivity index (χ0v) is 14.8. The highest BCUT2D eigenvalue weighted by Gasteiger charge is 2.43. The molecule has 0 radical (unpaired) electrons. The Morgan fingerprint density at radius 3 is 3.04 bits per heavy atom. The van der Waals surface area contributed by atoms with Crippen molar-refractivity contribution >= 4 is 23.3 Å². The predicted octanol–water partition coefficient (Wildman–Crippen LogP) is 3.08. The Morgan fingerprint density at radius 1 is 1.38 bits per heavy atom. The Hall–Kier alpha value is -1.56. The molecule has 24 heavy (non-hydrogen) atoms. The minimum absolute atomic E-state index is 0.0681. The van der Waals surface area contributed by atoms with Gasteiger partial charge in [-0.25, -0.2) is 0 Å². The molecule has 1 amide bonds. The van der Waals surface area contributed by atoms with Crippen molar-refractivity contribution in [3.05, 3.63) is 30.2 Å². The number of hydrogen-bond acceptors (Lipinski definition) is 4. The van der Waals surface area contributed by atoms with Gasteiger partial charge in [0.15, 0.2) is 11.5 Å². The quantitative estimate of drug-likeness (QED) is 0.875. The number of aromatic nitrogens is 3. The number of nitrogens with zero attached hydrogens (tertiary/aromatic N) is 3. The number of pyridine rings is 1. The van der Waals surface area contributed by atoms with E-state index in [1.54, 1.807) is 11.8 Å². The molecule has 2 bridgehead atoms. The van der Waals surface area contributed by atoms with Gasteiger partial charge in [-0.15, -0.1) is 10.2 Å². The molecule has 5 nitrogen and oxygen atoms in total. The van der Waals surface area contributed by atoms with E-state index >= 15 is 0 Å². The van der Waals surface area contributed by atoms with Crippen LogP contribution in [0.15, 0.2) is 24.4 Å². The van der Waals surface area contributed by atoms with E-state index in [0.29, 0.717) is 5.92 Å². The lowest BCUT2D eigenvalue weighted by Crippen LogP contribution is -2.37. The average molecular weight is 344 g/mol. The monoisotopic (exact) mass is 344 g/mol. The molecule has 4 unspecified atom stereocenters. The highest BCUT2D eigenvalue weighted by Crippen LogP contribution is 2.48. The molecule has 2 aromatic rings. The molecule has 128 valence electrons. The summed E-state index contributed by atoms with van der Waals surface area (Å²) in [6.07, 6.45) is 9.82. The summed E-state index contributed by atoms with van der Waals surface area (Å²) in [5.41, 5.74) is 0.829. The molecule has 2 aliphatic carbocycles. The second-order valence-electron chi connectivity index (χ2n) is 7.11. The third-order valence-electron chi connectivity index (χ3n) is 5.65. The Labute approximate surface area is 146 Å². The summed E-state index contributed by atoms with van der Waals surface area (Å²) in [5, 5.41) is 11.9. The molecule has 1 N–H and O–H groups in total. The van der Waals surface area contributed by atoms with E-state index in [1.807, 2.05) is 28.8 Å². The van der Waals surface area contributed by atoms with Crippen molar-refractivity contribution in [3.63, 3.8) is 0 Å². The lowest BCUT2D eigenvalue weighted by Gasteiger charge is -2.24. The molecule has 0 aromatic carbocycles. The van der Waals surface area contributed by atoms with Crippen molar-refractivity contribution < 1.29 is 4.79 Å². The molecule has 2 aromatic heterocycles. The lowest BCUT2D eigenvalue weighted by molar-refractivity contribution is -0.127. The fraction of sp³-hybridized carbons (Fsp3) is 0.611. The fourth-order valence-electron chi connectivity index (χ4n) is 4.44. The van der Waals surface area contributed by atoms with E-state index in [0.717, 1.165) is 36.0 Å². The van der Waals surface area contributed by atoms with Crippen LogP contribution < -0.4 is 5.32 Å². The maximum atomic E-state index is 12.9. The first-order valence-electron chi connectivity index (χ1n) is 8.85. The van der Waals surface area contributed by atoms with Crippen molar-refractivity contribution in [1.29, 1.82) is 0 Å². The van der Waals surface area contributed by atoms with Gasteiger partial charge in [0.1, 0.15) is 0 Å². The first-order valence-corrected chi connectivity index (χ1v) is 10.2. The summed E-state index contributed by atoms with van der Waals surface area (Å²) >= 11 is 1.80. The van der Waals surface area contributed by atoms with Gasteiger partial charge in [-0.1, -0.05) is 12.5 Å². The molecule has 0 saturated heterocycles. The highest BCUT2D eigenvalue weighted by atomic mass is 32.2. The third kappa shape index (κ3) is 2.92. The van der Waals surface area contributed by atoms with Crippen LogP contribution in [0.25, 0.3) is 5.65 Å². The number of carbonyl (C=O) groups excluding carboxylic acids is 1. The zero-order valence-electron chi connectivity index (χ0n) is 14.0. The van der Waals surface area contributed by atoms with Crippen LogP contribution in [0, 0.1) is 17.8 Å². The Balaban J connectivity index is 1.54. The molecule has 4 atom stereocenters. The van der Waals surface area contributed by atoms with Crippen LogP contribution in [0.5, 0.6) is 0 Å². The van der Waals surface area contributed by atoms with Crippen molar-refractivity contribution in [2.45, 2.75) is 38.1 Å². The number of amides is 1. The molecule has 2 heterocycles. The maximum absolute atomic E-state index is 12.9. The van der Waals surface area contributed by atoms with E-state index < -0.39 is 0 Å². The number of carbonyl (C=O) groups is 1. The van der Waals surface area contributed by atoms with Crippen LogP contribution in [-0.4, -0.2) is 32.5 Å². The van der Waals surface area contributed by atoms with E-state index in [4.69, 9.17) is 0 Å². The van der Waals surface area contributed by atoms with Crippen LogP contribution in [0.4, 0.5) is 0 Å². The van der Waals surface area contributed by atoms with Crippen molar-refractivity contribution in [1.82, 2.24) is 19.9 Å². The Kier molecular flexibility index (Phi) is 4.48. The summed E-state index contributed by atoms with van der Waals surface area (Å²) in [7, 11) is 0. The first-order chi connectivity index (χ1) is 11.8. The van der Waals surface area contributed by atoms with Crippen LogP contribution >= 0.6 is 11.8 Å². The second-order valence-corrected chi connectivity index (χ2v) is 8.10. The van der Waals surface area contributed by atoms with E-state index in [9.17, 15) is 4.79 Å². The maximum Gasteiger partial charge on any atom is 0.223 e. The Morgan fingerprint density at radius 2 is 2.29 bits per heavy atom. The average Bonchev–Trinajstić information content (AvgIpc) is 3.33. The lowest BCUT2D eigenvalue weighted by atomic mass is 9.88. The van der Waals surface area contributed by atoms with Crippen molar-refractivity contribution in [2.24, 2.45) is 17.8 Å². The molecule has 2 aliphatic rings. The van der Waals surface area contributed by atoms with Crippen molar-refractivity contribution in [3.8, 4) is 0 Å². The topological polar surface area (TPSA) is 59.3 Å². The molecular weight excluding hydrogens is 320 g/mol. The van der Waals surface area contributed by atoms with Gasteiger partial charge < -0.3 is 5.32 Å². The van der Waals surface area contributed by atoms with Gasteiger partial charge in [-0.3, -0.25) is 9.20 Å². The van der Waals surface area contributed by atoms with Gasteiger partial charge in [0.2, 0.25) is 5.91 Å². The van der Waals surface area contributed by atoms with Gasteiger partial charge in [0.05, 0.1) is 6.04 Å². The SMILES string of the molecule is CSCCC(NC(=O)C1CC2CCC1C2)c1nnc2ccccn12. The summed E-state index contributed by atoms with van der Waals surface area (Å²) in [4.78, 5) is 12.9. The molecule has 2 fully saturated rings. The smallest absolute Gasteiger partial charge is 0.223 e. The summed E-state index contributed by atoms with van der Waals surface area (Å²) in [6, 6.07) is 5.81. The molecule has 2 saturated carbocycles. The van der Waals surface area contributed by atoms with Crippen molar-refractivity contribution in [2.75, 3.05) is 12.0 Å². The number of rotatable bonds is 6. The number of thioether (sulfide) groups is 1. The van der Waals surface area contributed by atoms with Gasteiger partial charge in [-0.05, 0) is 61.7 Å². The number of hydrogen-bond donors (Lipinski definition) is 1. The number of nitrogens with one attached hydrogen (secondary N) is 1. The molecular formula is C18H24N4OS. The normalized spacial score (nSPS) is 26.8. The van der Waals surface area contributed by atoms with Gasteiger partial charge in [0, 0.05) is 12.1 Å². The van der Waals surface area contributed by atoms with E-state index in [-0.39, 0.29) is 17.9 Å². The minimum atomic E-state index is -0.0681. The van der Waals surface area contributed by atoms with Crippen LogP contribution in [0.1, 0.15) is 44.0 Å². The fourth-order valence-corrected chi connectivity index (χ4v) is 4.92. The minimum Gasteiger partial charge on any atom is -0.346 e. The van der Waals surface area contributed by atoms with E-state index in [2.05, 4.69) is 21.8 Å². The van der Waals surface area contributed by atoms with Gasteiger partial charge in [-0.2, -0.15) is 11.8 Å². The second kappa shape index (κ2) is 6.75. The summed E-state index contributed by atoms with van der Waals surface area (Å²) in [6.45, 7) is 0. The van der Waals surface area contributed by atoms with Gasteiger partial charge in [0.25, 0.3) is 0 Å². The first kappa shape index (κ1) is 15.9. The van der Waals surface area contributed by atoms with Crippen LogP contribution in [0.3, 0.4) is 0 Å². The summed E-state index contributed by atoms with van der Waals surface area (Å²) in [5.74, 6) is 3.65. The number of fused-ring (bicyclic) bond motifs is 3. The largest absolute Gasteiger partial charge is 0.346 e. The highest BCUT2D eigenvalue weighted by molar-refractivity contribution is 7.98. The standard InChI is InChI=1S/C18H24N4OS/c1-24-9-7-15(17-21-20-16-4-2-3-8-22(16)17)19-18(23)14-11-12-5-6-13(14)10-12/h2-4,8,12-15H,5-7,9-11H2,1H3,(H,19,23). The third-order valence-corrected chi connectivity index (χ3v) is 6.30.